The number of rotatable bonds is 5. The second-order valence-corrected chi connectivity index (χ2v) is 4.26. The van der Waals surface area contributed by atoms with E-state index in [-0.39, 0.29) is 12.5 Å². The molecule has 110 valence electrons. The minimum Gasteiger partial charge on any atom is -0.271 e. The summed E-state index contributed by atoms with van der Waals surface area (Å²) in [5.74, 6) is 0.421. The SMILES string of the molecule is O=C(Cn1nnc(-c2ccccc2)n1)NNc1ncccn1. The third-order valence-electron chi connectivity index (χ3n) is 2.65. The molecule has 2 N–H and O–H groups in total. The number of nitrogens with one attached hydrogen (secondary N) is 2. The molecule has 0 radical (unpaired) electrons. The van der Waals surface area contributed by atoms with Gasteiger partial charge in [0.1, 0.15) is 6.54 Å². The lowest BCUT2D eigenvalue weighted by molar-refractivity contribution is -0.121. The maximum atomic E-state index is 11.8. The highest BCUT2D eigenvalue weighted by molar-refractivity contribution is 5.76. The third-order valence-corrected chi connectivity index (χ3v) is 2.65. The summed E-state index contributed by atoms with van der Waals surface area (Å²) in [4.78, 5) is 20.8. The number of aromatic nitrogens is 6. The first-order valence-corrected chi connectivity index (χ1v) is 6.46. The van der Waals surface area contributed by atoms with Crippen molar-refractivity contribution in [3.05, 3.63) is 48.8 Å². The molecule has 9 heteroatoms. The molecule has 0 unspecified atom stereocenters. The van der Waals surface area contributed by atoms with Crippen molar-refractivity contribution in [2.45, 2.75) is 6.54 Å². The summed E-state index contributed by atoms with van der Waals surface area (Å²) in [6, 6.07) is 11.1. The van der Waals surface area contributed by atoms with Crippen LogP contribution >= 0.6 is 0 Å². The van der Waals surface area contributed by atoms with Crippen LogP contribution in [-0.4, -0.2) is 36.1 Å². The van der Waals surface area contributed by atoms with Crippen LogP contribution in [0.2, 0.25) is 0 Å². The van der Waals surface area contributed by atoms with Crippen molar-refractivity contribution in [3.63, 3.8) is 0 Å². The van der Waals surface area contributed by atoms with Crippen molar-refractivity contribution < 1.29 is 4.79 Å². The molecule has 0 spiro atoms. The fraction of sp³-hybridized carbons (Fsp3) is 0.0769. The minimum atomic E-state index is -0.343. The topological polar surface area (TPSA) is 111 Å². The van der Waals surface area contributed by atoms with Crippen LogP contribution in [0.5, 0.6) is 0 Å². The quantitative estimate of drug-likeness (QED) is 0.650. The lowest BCUT2D eigenvalue weighted by Crippen LogP contribution is -2.33. The molecule has 9 nitrogen and oxygen atoms in total. The van der Waals surface area contributed by atoms with E-state index in [0.717, 1.165) is 5.56 Å². The minimum absolute atomic E-state index is 0.0698. The molecule has 3 rings (SSSR count). The van der Waals surface area contributed by atoms with Crippen LogP contribution in [0.25, 0.3) is 11.4 Å². The molecular formula is C13H12N8O. The summed E-state index contributed by atoms with van der Waals surface area (Å²) in [6.45, 7) is -0.0698. The average Bonchev–Trinajstić information content (AvgIpc) is 3.03. The number of hydrogen-bond acceptors (Lipinski definition) is 7. The Morgan fingerprint density at radius 2 is 1.86 bits per heavy atom. The Morgan fingerprint density at radius 3 is 2.64 bits per heavy atom. The molecule has 0 aliphatic carbocycles. The summed E-state index contributed by atoms with van der Waals surface area (Å²) in [5, 5.41) is 11.9. The fourth-order valence-corrected chi connectivity index (χ4v) is 1.67. The molecule has 2 aromatic heterocycles. The highest BCUT2D eigenvalue weighted by atomic mass is 16.2. The Hall–Kier alpha value is -3.36. The van der Waals surface area contributed by atoms with E-state index in [0.29, 0.717) is 11.8 Å². The monoisotopic (exact) mass is 296 g/mol. The Morgan fingerprint density at radius 1 is 1.09 bits per heavy atom. The molecular weight excluding hydrogens is 284 g/mol. The van der Waals surface area contributed by atoms with Crippen molar-refractivity contribution in [1.82, 2.24) is 35.6 Å². The summed E-state index contributed by atoms with van der Waals surface area (Å²) in [5.41, 5.74) is 5.88. The Kier molecular flexibility index (Phi) is 3.96. The smallest absolute Gasteiger partial charge is 0.262 e. The van der Waals surface area contributed by atoms with Gasteiger partial charge in [-0.3, -0.25) is 15.6 Å². The molecule has 2 heterocycles. The molecule has 1 aromatic carbocycles. The van der Waals surface area contributed by atoms with Gasteiger partial charge in [-0.1, -0.05) is 30.3 Å². The van der Waals surface area contributed by atoms with E-state index in [1.54, 1.807) is 18.5 Å². The zero-order valence-corrected chi connectivity index (χ0v) is 11.4. The van der Waals surface area contributed by atoms with E-state index in [1.165, 1.54) is 4.80 Å². The number of tetrazole rings is 1. The van der Waals surface area contributed by atoms with E-state index in [1.807, 2.05) is 30.3 Å². The van der Waals surface area contributed by atoms with Crippen LogP contribution in [0.4, 0.5) is 5.95 Å². The third kappa shape index (κ3) is 3.39. The number of anilines is 1. The van der Waals surface area contributed by atoms with Gasteiger partial charge in [0.2, 0.25) is 11.8 Å². The van der Waals surface area contributed by atoms with Crippen LogP contribution in [0.3, 0.4) is 0 Å². The normalized spacial score (nSPS) is 10.2. The fourth-order valence-electron chi connectivity index (χ4n) is 1.67. The van der Waals surface area contributed by atoms with E-state index in [9.17, 15) is 4.79 Å². The van der Waals surface area contributed by atoms with Gasteiger partial charge in [0.25, 0.3) is 5.91 Å². The first kappa shape index (κ1) is 13.6. The van der Waals surface area contributed by atoms with Crippen LogP contribution in [0.1, 0.15) is 0 Å². The molecule has 0 aliphatic heterocycles. The predicted octanol–water partition coefficient (Wildman–Crippen LogP) is 0.273. The van der Waals surface area contributed by atoms with Gasteiger partial charge in [-0.15, -0.1) is 10.2 Å². The first-order valence-electron chi connectivity index (χ1n) is 6.46. The summed E-state index contributed by atoms with van der Waals surface area (Å²) >= 11 is 0. The molecule has 0 saturated heterocycles. The first-order chi connectivity index (χ1) is 10.8. The molecule has 0 saturated carbocycles. The van der Waals surface area contributed by atoms with Gasteiger partial charge in [0.15, 0.2) is 0 Å². The van der Waals surface area contributed by atoms with Gasteiger partial charge in [-0.05, 0) is 11.3 Å². The lowest BCUT2D eigenvalue weighted by Gasteiger charge is -2.05. The van der Waals surface area contributed by atoms with Gasteiger partial charge < -0.3 is 0 Å². The van der Waals surface area contributed by atoms with Gasteiger partial charge in [0.05, 0.1) is 0 Å². The Labute approximate surface area is 125 Å². The molecule has 1 amide bonds. The predicted molar refractivity (Wildman–Crippen MR) is 77.1 cm³/mol. The standard InChI is InChI=1S/C13H12N8O/c22-11(16-18-13-14-7-4-8-15-13)9-21-19-12(17-20-21)10-5-2-1-3-6-10/h1-8H,9H2,(H,16,22)(H,14,15,18). The second kappa shape index (κ2) is 6.39. The highest BCUT2D eigenvalue weighted by Gasteiger charge is 2.09. The maximum Gasteiger partial charge on any atom is 0.262 e. The summed E-state index contributed by atoms with van der Waals surface area (Å²) in [7, 11) is 0. The van der Waals surface area contributed by atoms with Gasteiger partial charge in [-0.2, -0.15) is 4.80 Å². The van der Waals surface area contributed by atoms with Crippen molar-refractivity contribution in [2.75, 3.05) is 5.43 Å². The van der Waals surface area contributed by atoms with E-state index >= 15 is 0 Å². The number of hydrogen-bond donors (Lipinski definition) is 2. The van der Waals surface area contributed by atoms with Crippen molar-refractivity contribution in [1.29, 1.82) is 0 Å². The van der Waals surface area contributed by atoms with Gasteiger partial charge in [-0.25, -0.2) is 9.97 Å². The van der Waals surface area contributed by atoms with Gasteiger partial charge >= 0.3 is 0 Å². The van der Waals surface area contributed by atoms with Crippen LogP contribution < -0.4 is 10.9 Å². The van der Waals surface area contributed by atoms with Crippen LogP contribution in [-0.2, 0) is 11.3 Å². The maximum absolute atomic E-state index is 11.8. The zero-order valence-electron chi connectivity index (χ0n) is 11.4. The van der Waals surface area contributed by atoms with Crippen molar-refractivity contribution in [2.24, 2.45) is 0 Å². The van der Waals surface area contributed by atoms with E-state index in [4.69, 9.17) is 0 Å². The largest absolute Gasteiger partial charge is 0.271 e. The number of benzene rings is 1. The van der Waals surface area contributed by atoms with Crippen LogP contribution in [0, 0.1) is 0 Å². The second-order valence-electron chi connectivity index (χ2n) is 4.26. The molecule has 0 fully saturated rings. The molecule has 0 atom stereocenters. The van der Waals surface area contributed by atoms with E-state index < -0.39 is 0 Å². The van der Waals surface area contributed by atoms with Gasteiger partial charge in [0, 0.05) is 18.0 Å². The molecule has 3 aromatic rings. The number of carbonyl (C=O) groups is 1. The lowest BCUT2D eigenvalue weighted by atomic mass is 10.2. The van der Waals surface area contributed by atoms with E-state index in [2.05, 4.69) is 36.2 Å². The summed E-state index contributed by atoms with van der Waals surface area (Å²) < 4.78 is 0. The zero-order chi connectivity index (χ0) is 15.2. The molecule has 0 aliphatic rings. The average molecular weight is 296 g/mol. The molecule has 22 heavy (non-hydrogen) atoms. The number of nitrogens with zero attached hydrogens (tertiary/aromatic N) is 6. The van der Waals surface area contributed by atoms with Crippen molar-refractivity contribution >= 4 is 11.9 Å². The number of hydrazine groups is 1. The number of amides is 1. The Bertz CT molecular complexity index is 743. The van der Waals surface area contributed by atoms with Crippen molar-refractivity contribution in [3.8, 4) is 11.4 Å². The molecule has 0 bridgehead atoms. The number of carbonyl (C=O) groups excluding carboxylic acids is 1. The van der Waals surface area contributed by atoms with Crippen LogP contribution in [0.15, 0.2) is 48.8 Å². The Balaban J connectivity index is 1.57. The highest BCUT2D eigenvalue weighted by Crippen LogP contribution is 2.11. The summed E-state index contributed by atoms with van der Waals surface area (Å²) in [6.07, 6.45) is 3.12.